The Morgan fingerprint density at radius 1 is 1.13 bits per heavy atom. The zero-order valence-corrected chi connectivity index (χ0v) is 12.5. The largest absolute Gasteiger partial charge is 0.324 e. The summed E-state index contributed by atoms with van der Waals surface area (Å²) in [6.07, 6.45) is 0. The number of nitrogens with zero attached hydrogens (tertiary/aromatic N) is 1. The number of hydrogen-bond acceptors (Lipinski definition) is 4. The van der Waals surface area contributed by atoms with Crippen molar-refractivity contribution >= 4 is 27.5 Å². The second-order valence-corrected chi connectivity index (χ2v) is 6.70. The van der Waals surface area contributed by atoms with Gasteiger partial charge in [0, 0.05) is 5.69 Å². The zero-order chi connectivity index (χ0) is 16.6. The average Bonchev–Trinajstić information content (AvgIpc) is 2.69. The summed E-state index contributed by atoms with van der Waals surface area (Å²) >= 11 is 0. The van der Waals surface area contributed by atoms with E-state index in [1.54, 1.807) is 6.07 Å². The van der Waals surface area contributed by atoms with E-state index in [9.17, 15) is 22.4 Å². The quantitative estimate of drug-likeness (QED) is 0.924. The number of anilines is 1. The highest BCUT2D eigenvalue weighted by molar-refractivity contribution is 7.90. The molecule has 0 spiro atoms. The molecule has 1 aliphatic heterocycles. The van der Waals surface area contributed by atoms with Crippen LogP contribution in [-0.2, 0) is 14.8 Å². The highest BCUT2D eigenvalue weighted by Gasteiger charge is 2.41. The van der Waals surface area contributed by atoms with Crippen LogP contribution in [-0.4, -0.2) is 31.1 Å². The Labute approximate surface area is 131 Å². The number of rotatable bonds is 3. The average molecular weight is 334 g/mol. The summed E-state index contributed by atoms with van der Waals surface area (Å²) in [5, 5.41) is 2.36. The number of carbonyl (C=O) groups excluding carboxylic acids is 2. The maximum absolute atomic E-state index is 13.1. The lowest BCUT2D eigenvalue weighted by molar-refractivity contribution is -0.116. The lowest BCUT2D eigenvalue weighted by atomic mass is 10.2. The van der Waals surface area contributed by atoms with E-state index < -0.39 is 34.2 Å². The van der Waals surface area contributed by atoms with Crippen LogP contribution in [0.3, 0.4) is 0 Å². The van der Waals surface area contributed by atoms with Crippen molar-refractivity contribution in [1.82, 2.24) is 4.31 Å². The van der Waals surface area contributed by atoms with Gasteiger partial charge in [-0.3, -0.25) is 9.59 Å². The Bertz CT molecular complexity index is 911. The maximum atomic E-state index is 13.1. The minimum Gasteiger partial charge on any atom is -0.324 e. The van der Waals surface area contributed by atoms with Gasteiger partial charge in [0.1, 0.15) is 17.3 Å². The molecule has 3 rings (SSSR count). The van der Waals surface area contributed by atoms with Crippen LogP contribution in [0.25, 0.3) is 0 Å². The van der Waals surface area contributed by atoms with Gasteiger partial charge in [0.15, 0.2) is 0 Å². The predicted molar refractivity (Wildman–Crippen MR) is 79.7 cm³/mol. The van der Waals surface area contributed by atoms with E-state index in [4.69, 9.17) is 0 Å². The van der Waals surface area contributed by atoms with E-state index in [1.165, 1.54) is 36.4 Å². The van der Waals surface area contributed by atoms with Gasteiger partial charge in [0.25, 0.3) is 15.9 Å². The number of sulfonamides is 1. The molecular weight excluding hydrogens is 323 g/mol. The van der Waals surface area contributed by atoms with Crippen LogP contribution in [0.4, 0.5) is 10.1 Å². The van der Waals surface area contributed by atoms with Crippen molar-refractivity contribution in [3.8, 4) is 0 Å². The monoisotopic (exact) mass is 334 g/mol. The third-order valence-electron chi connectivity index (χ3n) is 3.31. The maximum Gasteiger partial charge on any atom is 0.269 e. The van der Waals surface area contributed by atoms with E-state index in [-0.39, 0.29) is 16.1 Å². The second-order valence-electron chi connectivity index (χ2n) is 4.87. The second kappa shape index (κ2) is 5.47. The van der Waals surface area contributed by atoms with Crippen molar-refractivity contribution in [3.63, 3.8) is 0 Å². The number of nitrogens with one attached hydrogen (secondary N) is 1. The molecule has 0 aliphatic carbocycles. The fourth-order valence-corrected chi connectivity index (χ4v) is 3.81. The summed E-state index contributed by atoms with van der Waals surface area (Å²) in [7, 11) is -4.04. The molecule has 118 valence electrons. The van der Waals surface area contributed by atoms with Crippen molar-refractivity contribution in [1.29, 1.82) is 0 Å². The third-order valence-corrected chi connectivity index (χ3v) is 5.09. The Morgan fingerprint density at radius 2 is 1.87 bits per heavy atom. The fourth-order valence-electron chi connectivity index (χ4n) is 2.28. The third kappa shape index (κ3) is 2.68. The molecule has 0 unspecified atom stereocenters. The number of halogens is 1. The van der Waals surface area contributed by atoms with Crippen molar-refractivity contribution in [2.75, 3.05) is 11.9 Å². The first kappa shape index (κ1) is 15.2. The Balaban J connectivity index is 1.81. The molecule has 2 aromatic rings. The lowest BCUT2D eigenvalue weighted by Crippen LogP contribution is -2.37. The first-order valence-corrected chi connectivity index (χ1v) is 8.05. The van der Waals surface area contributed by atoms with Gasteiger partial charge in [-0.2, -0.15) is 0 Å². The summed E-state index contributed by atoms with van der Waals surface area (Å²) in [6.45, 7) is -0.674. The topological polar surface area (TPSA) is 83.6 Å². The predicted octanol–water partition coefficient (Wildman–Crippen LogP) is 1.61. The van der Waals surface area contributed by atoms with Crippen LogP contribution in [0.1, 0.15) is 10.4 Å². The summed E-state index contributed by atoms with van der Waals surface area (Å²) in [5.74, 6) is -2.03. The van der Waals surface area contributed by atoms with Crippen molar-refractivity contribution < 1.29 is 22.4 Å². The van der Waals surface area contributed by atoms with E-state index in [2.05, 4.69) is 5.32 Å². The van der Waals surface area contributed by atoms with Gasteiger partial charge in [0.05, 0.1) is 5.56 Å². The molecule has 0 fully saturated rings. The zero-order valence-electron chi connectivity index (χ0n) is 11.7. The molecule has 6 nitrogen and oxygen atoms in total. The molecule has 0 atom stereocenters. The Hall–Kier alpha value is -2.74. The van der Waals surface area contributed by atoms with Crippen molar-refractivity contribution in [2.45, 2.75) is 4.90 Å². The minimum absolute atomic E-state index is 0.0334. The molecule has 8 heteroatoms. The fraction of sp³-hybridized carbons (Fsp3) is 0.0667. The molecule has 0 aromatic heterocycles. The number of amides is 2. The lowest BCUT2D eigenvalue weighted by Gasteiger charge is -2.14. The Morgan fingerprint density at radius 3 is 2.57 bits per heavy atom. The van der Waals surface area contributed by atoms with Gasteiger partial charge in [-0.05, 0) is 30.3 Å². The first-order chi connectivity index (χ1) is 10.9. The molecule has 2 aromatic carbocycles. The van der Waals surface area contributed by atoms with Gasteiger partial charge in [-0.25, -0.2) is 17.1 Å². The Kier molecular flexibility index (Phi) is 3.61. The SMILES string of the molecule is O=C(CN1C(=O)c2ccccc2S1(=O)=O)Nc1cccc(F)c1. The summed E-state index contributed by atoms with van der Waals surface area (Å²) in [4.78, 5) is 24.0. The molecule has 1 heterocycles. The minimum atomic E-state index is -4.04. The van der Waals surface area contributed by atoms with E-state index in [0.29, 0.717) is 4.31 Å². The van der Waals surface area contributed by atoms with Crippen LogP contribution in [0.2, 0.25) is 0 Å². The summed E-state index contributed by atoms with van der Waals surface area (Å²) < 4.78 is 38.2. The molecule has 0 saturated carbocycles. The molecule has 0 bridgehead atoms. The van der Waals surface area contributed by atoms with Crippen LogP contribution >= 0.6 is 0 Å². The first-order valence-electron chi connectivity index (χ1n) is 6.61. The summed E-state index contributed by atoms with van der Waals surface area (Å²) in [6, 6.07) is 10.9. The smallest absolute Gasteiger partial charge is 0.269 e. The molecule has 1 N–H and O–H groups in total. The number of fused-ring (bicyclic) bond motifs is 1. The molecule has 0 radical (unpaired) electrons. The highest BCUT2D eigenvalue weighted by atomic mass is 32.2. The van der Waals surface area contributed by atoms with Gasteiger partial charge >= 0.3 is 0 Å². The highest BCUT2D eigenvalue weighted by Crippen LogP contribution is 2.29. The molecule has 1 aliphatic rings. The van der Waals surface area contributed by atoms with Crippen LogP contribution < -0.4 is 5.32 Å². The van der Waals surface area contributed by atoms with Crippen LogP contribution in [0, 0.1) is 5.82 Å². The molecular formula is C15H11FN2O4S. The van der Waals surface area contributed by atoms with Crippen LogP contribution in [0.15, 0.2) is 53.4 Å². The van der Waals surface area contributed by atoms with E-state index in [1.807, 2.05) is 0 Å². The molecule has 0 saturated heterocycles. The van der Waals surface area contributed by atoms with Crippen molar-refractivity contribution in [2.24, 2.45) is 0 Å². The van der Waals surface area contributed by atoms with Gasteiger partial charge in [-0.15, -0.1) is 0 Å². The van der Waals surface area contributed by atoms with Gasteiger partial charge in [-0.1, -0.05) is 18.2 Å². The normalized spacial score (nSPS) is 15.3. The number of hydrogen-bond donors (Lipinski definition) is 1. The molecule has 2 amide bonds. The molecule has 23 heavy (non-hydrogen) atoms. The van der Waals surface area contributed by atoms with Crippen LogP contribution in [0.5, 0.6) is 0 Å². The standard InChI is InChI=1S/C15H11FN2O4S/c16-10-4-3-5-11(8-10)17-14(19)9-18-15(20)12-6-1-2-7-13(12)23(18,21)22/h1-8H,9H2,(H,17,19). The van der Waals surface area contributed by atoms with E-state index >= 15 is 0 Å². The van der Waals surface area contributed by atoms with Gasteiger partial charge < -0.3 is 5.32 Å². The number of carbonyl (C=O) groups is 2. The van der Waals surface area contributed by atoms with E-state index in [0.717, 1.165) is 6.07 Å². The van der Waals surface area contributed by atoms with Gasteiger partial charge in [0.2, 0.25) is 5.91 Å². The van der Waals surface area contributed by atoms with Crippen molar-refractivity contribution in [3.05, 3.63) is 59.9 Å². The number of benzene rings is 2. The summed E-state index contributed by atoms with van der Waals surface area (Å²) in [5.41, 5.74) is 0.211.